The largest absolute Gasteiger partial charge is 0.467 e. The van der Waals surface area contributed by atoms with Crippen molar-refractivity contribution < 1.29 is 18.7 Å². The minimum atomic E-state index is -0.489. The lowest BCUT2D eigenvalue weighted by Gasteiger charge is -2.32. The highest BCUT2D eigenvalue weighted by atomic mass is 16.6. The molecule has 0 aromatic carbocycles. The van der Waals surface area contributed by atoms with Gasteiger partial charge in [-0.2, -0.15) is 0 Å². The fraction of sp³-hybridized carbons (Fsp3) is 0.647. The minimum absolute atomic E-state index is 0.0232. The van der Waals surface area contributed by atoms with E-state index in [9.17, 15) is 9.59 Å². The molecule has 0 saturated carbocycles. The zero-order chi connectivity index (χ0) is 17.6. The van der Waals surface area contributed by atoms with Gasteiger partial charge in [-0.3, -0.25) is 9.69 Å². The van der Waals surface area contributed by atoms with E-state index in [1.807, 2.05) is 26.8 Å². The quantitative estimate of drug-likeness (QED) is 0.857. The van der Waals surface area contributed by atoms with Crippen LogP contribution in [-0.2, 0) is 16.1 Å². The molecule has 1 aliphatic heterocycles. The Morgan fingerprint density at radius 3 is 2.62 bits per heavy atom. The molecular formula is C17H27N3O4. The molecule has 2 rings (SSSR count). The average Bonchev–Trinajstić information content (AvgIpc) is 2.98. The van der Waals surface area contributed by atoms with Crippen LogP contribution < -0.4 is 10.6 Å². The first kappa shape index (κ1) is 18.3. The highest BCUT2D eigenvalue weighted by Gasteiger charge is 2.24. The van der Waals surface area contributed by atoms with E-state index < -0.39 is 5.60 Å². The maximum atomic E-state index is 11.9. The van der Waals surface area contributed by atoms with E-state index in [0.717, 1.165) is 31.7 Å². The molecule has 0 atom stereocenters. The normalized spacial score (nSPS) is 16.6. The molecule has 1 aromatic heterocycles. The molecule has 0 bridgehead atoms. The Kier molecular flexibility index (Phi) is 6.25. The van der Waals surface area contributed by atoms with Crippen LogP contribution in [0.4, 0.5) is 4.79 Å². The lowest BCUT2D eigenvalue weighted by atomic mass is 10.1. The molecule has 7 nitrogen and oxygen atoms in total. The second-order valence-corrected chi connectivity index (χ2v) is 7.05. The predicted octanol–water partition coefficient (Wildman–Crippen LogP) is 1.88. The molecule has 0 spiro atoms. The van der Waals surface area contributed by atoms with E-state index in [2.05, 4.69) is 15.5 Å². The van der Waals surface area contributed by atoms with Gasteiger partial charge in [0.05, 0.1) is 19.4 Å². The molecule has 0 unspecified atom stereocenters. The van der Waals surface area contributed by atoms with Gasteiger partial charge in [-0.1, -0.05) is 0 Å². The van der Waals surface area contributed by atoms with E-state index in [0.29, 0.717) is 13.1 Å². The number of amides is 2. The van der Waals surface area contributed by atoms with Crippen molar-refractivity contribution in [2.45, 2.75) is 51.8 Å². The zero-order valence-electron chi connectivity index (χ0n) is 14.6. The second-order valence-electron chi connectivity index (χ2n) is 7.05. The predicted molar refractivity (Wildman–Crippen MR) is 89.4 cm³/mol. The number of rotatable bonds is 5. The number of hydrogen-bond donors (Lipinski definition) is 2. The molecule has 1 fully saturated rings. The summed E-state index contributed by atoms with van der Waals surface area (Å²) < 4.78 is 10.4. The molecular weight excluding hydrogens is 310 g/mol. The smallest absolute Gasteiger partial charge is 0.407 e. The van der Waals surface area contributed by atoms with Gasteiger partial charge in [-0.25, -0.2) is 4.79 Å². The monoisotopic (exact) mass is 337 g/mol. The maximum absolute atomic E-state index is 11.9. The Balaban J connectivity index is 1.63. The molecule has 7 heteroatoms. The highest BCUT2D eigenvalue weighted by Crippen LogP contribution is 2.12. The van der Waals surface area contributed by atoms with E-state index >= 15 is 0 Å². The molecule has 1 aromatic rings. The number of piperidine rings is 1. The van der Waals surface area contributed by atoms with E-state index in [1.165, 1.54) is 0 Å². The summed E-state index contributed by atoms with van der Waals surface area (Å²) in [5.41, 5.74) is -0.489. The zero-order valence-corrected chi connectivity index (χ0v) is 14.6. The van der Waals surface area contributed by atoms with Crippen LogP contribution in [0.25, 0.3) is 0 Å². The summed E-state index contributed by atoms with van der Waals surface area (Å²) in [6, 6.07) is 3.72. The molecule has 2 N–H and O–H groups in total. The van der Waals surface area contributed by atoms with Crippen molar-refractivity contribution in [3.8, 4) is 0 Å². The number of likely N-dealkylation sites (tertiary alicyclic amines) is 1. The Labute approximate surface area is 142 Å². The minimum Gasteiger partial charge on any atom is -0.467 e. The number of nitrogens with zero attached hydrogens (tertiary/aromatic N) is 1. The van der Waals surface area contributed by atoms with Crippen LogP contribution in [0.15, 0.2) is 22.8 Å². The average molecular weight is 337 g/mol. The van der Waals surface area contributed by atoms with Gasteiger partial charge in [0.25, 0.3) is 0 Å². The lowest BCUT2D eigenvalue weighted by molar-refractivity contribution is -0.122. The first-order valence-electron chi connectivity index (χ1n) is 8.33. The fourth-order valence-electron chi connectivity index (χ4n) is 2.57. The third-order valence-electron chi connectivity index (χ3n) is 3.72. The number of nitrogens with one attached hydrogen (secondary N) is 2. The summed E-state index contributed by atoms with van der Waals surface area (Å²) in [5, 5.41) is 5.73. The summed E-state index contributed by atoms with van der Waals surface area (Å²) in [5.74, 6) is 0.716. The third kappa shape index (κ3) is 6.62. The number of hydrogen-bond acceptors (Lipinski definition) is 5. The second kappa shape index (κ2) is 8.19. The first-order chi connectivity index (χ1) is 11.3. The van der Waals surface area contributed by atoms with Crippen LogP contribution in [0.2, 0.25) is 0 Å². The van der Waals surface area contributed by atoms with Gasteiger partial charge < -0.3 is 19.8 Å². The van der Waals surface area contributed by atoms with Gasteiger partial charge in [0.1, 0.15) is 11.4 Å². The Bertz CT molecular complexity index is 529. The van der Waals surface area contributed by atoms with Crippen LogP contribution in [0.3, 0.4) is 0 Å². The molecule has 0 radical (unpaired) electrons. The van der Waals surface area contributed by atoms with Crippen molar-refractivity contribution in [2.24, 2.45) is 0 Å². The van der Waals surface area contributed by atoms with E-state index in [1.54, 1.807) is 12.3 Å². The third-order valence-corrected chi connectivity index (χ3v) is 3.72. The van der Waals surface area contributed by atoms with Crippen LogP contribution in [-0.4, -0.2) is 48.2 Å². The molecule has 2 heterocycles. The molecule has 0 aliphatic carbocycles. The van der Waals surface area contributed by atoms with Gasteiger partial charge in [-0.05, 0) is 45.7 Å². The molecule has 24 heavy (non-hydrogen) atoms. The Morgan fingerprint density at radius 1 is 1.33 bits per heavy atom. The van der Waals surface area contributed by atoms with Crippen LogP contribution in [0.1, 0.15) is 39.4 Å². The van der Waals surface area contributed by atoms with Gasteiger partial charge >= 0.3 is 6.09 Å². The van der Waals surface area contributed by atoms with Crippen molar-refractivity contribution in [1.82, 2.24) is 15.5 Å². The van der Waals surface area contributed by atoms with Crippen LogP contribution in [0, 0.1) is 0 Å². The number of ether oxygens (including phenoxy) is 1. The van der Waals surface area contributed by atoms with Crippen molar-refractivity contribution in [3.63, 3.8) is 0 Å². The van der Waals surface area contributed by atoms with Gasteiger partial charge in [0.2, 0.25) is 5.91 Å². The summed E-state index contributed by atoms with van der Waals surface area (Å²) in [6.07, 6.45) is 2.83. The molecule has 134 valence electrons. The molecule has 1 aliphatic rings. The highest BCUT2D eigenvalue weighted by molar-refractivity contribution is 5.77. The van der Waals surface area contributed by atoms with E-state index in [-0.39, 0.29) is 18.0 Å². The van der Waals surface area contributed by atoms with Gasteiger partial charge in [0, 0.05) is 19.1 Å². The molecule has 2 amide bonds. The van der Waals surface area contributed by atoms with Crippen molar-refractivity contribution in [1.29, 1.82) is 0 Å². The SMILES string of the molecule is CC(C)(C)OC(=O)NC1CCN(CC(=O)NCc2ccco2)CC1. The lowest BCUT2D eigenvalue weighted by Crippen LogP contribution is -2.48. The van der Waals surface area contributed by atoms with E-state index in [4.69, 9.17) is 9.15 Å². The summed E-state index contributed by atoms with van der Waals surface area (Å²) >= 11 is 0. The van der Waals surface area contributed by atoms with Gasteiger partial charge in [-0.15, -0.1) is 0 Å². The summed E-state index contributed by atoms with van der Waals surface area (Å²) in [7, 11) is 0. The van der Waals surface area contributed by atoms with Gasteiger partial charge in [0.15, 0.2) is 0 Å². The van der Waals surface area contributed by atoms with Crippen molar-refractivity contribution in [2.75, 3.05) is 19.6 Å². The number of alkyl carbamates (subject to hydrolysis) is 1. The Morgan fingerprint density at radius 2 is 2.04 bits per heavy atom. The van der Waals surface area contributed by atoms with Crippen molar-refractivity contribution >= 4 is 12.0 Å². The fourth-order valence-corrected chi connectivity index (χ4v) is 2.57. The number of carbonyl (C=O) groups excluding carboxylic acids is 2. The van der Waals surface area contributed by atoms with Crippen LogP contribution in [0.5, 0.6) is 0 Å². The summed E-state index contributed by atoms with van der Waals surface area (Å²) in [6.45, 7) is 7.84. The van der Waals surface area contributed by atoms with Crippen molar-refractivity contribution in [3.05, 3.63) is 24.2 Å². The standard InChI is InChI=1S/C17H27N3O4/c1-17(2,3)24-16(22)19-13-6-8-20(9-7-13)12-15(21)18-11-14-5-4-10-23-14/h4-5,10,13H,6-9,11-12H2,1-3H3,(H,18,21)(H,19,22). The topological polar surface area (TPSA) is 83.8 Å². The summed E-state index contributed by atoms with van der Waals surface area (Å²) in [4.78, 5) is 25.8. The number of furan rings is 1. The molecule has 1 saturated heterocycles. The number of carbonyl (C=O) groups is 2. The maximum Gasteiger partial charge on any atom is 0.407 e. The van der Waals surface area contributed by atoms with Crippen LogP contribution >= 0.6 is 0 Å². The first-order valence-corrected chi connectivity index (χ1v) is 8.33. The Hall–Kier alpha value is -2.02.